The van der Waals surface area contributed by atoms with Crippen LogP contribution < -0.4 is 24.4 Å². The lowest BCUT2D eigenvalue weighted by Gasteiger charge is -2.28. The number of ether oxygens (including phenoxy) is 4. The normalized spacial score (nSPS) is 15.3. The first-order valence-electron chi connectivity index (χ1n) is 14.3. The van der Waals surface area contributed by atoms with Crippen molar-refractivity contribution in [3.8, 4) is 45.8 Å². The predicted octanol–water partition coefficient (Wildman–Crippen LogP) is 5.88. The number of fused-ring (bicyclic) bond motifs is 4. The fourth-order valence-electron chi connectivity index (χ4n) is 6.01. The molecule has 1 aromatic heterocycles. The topological polar surface area (TPSA) is 125 Å². The molecule has 0 radical (unpaired) electrons. The molecule has 2 aliphatic heterocycles. The molecule has 0 saturated heterocycles. The lowest BCUT2D eigenvalue weighted by molar-refractivity contribution is -0.135. The van der Waals surface area contributed by atoms with Gasteiger partial charge in [-0.25, -0.2) is 0 Å². The largest absolute Gasteiger partial charge is 0.504 e. The zero-order valence-electron chi connectivity index (χ0n) is 23.8. The lowest BCUT2D eigenvalue weighted by Crippen LogP contribution is -2.23. The van der Waals surface area contributed by atoms with Crippen molar-refractivity contribution in [3.05, 3.63) is 105 Å². The summed E-state index contributed by atoms with van der Waals surface area (Å²) in [6.45, 7) is 0.992. The molecule has 4 aromatic carbocycles. The minimum atomic E-state index is -0.767. The van der Waals surface area contributed by atoms with Crippen molar-refractivity contribution < 1.29 is 38.4 Å². The van der Waals surface area contributed by atoms with E-state index in [2.05, 4.69) is 6.07 Å². The van der Waals surface area contributed by atoms with Gasteiger partial charge in [0.05, 0.1) is 32.3 Å². The third-order valence-electron chi connectivity index (χ3n) is 8.10. The van der Waals surface area contributed by atoms with Crippen molar-refractivity contribution in [1.82, 2.24) is 0 Å². The molecule has 222 valence electrons. The average Bonchev–Trinajstić information content (AvgIpc) is 3.51. The zero-order valence-corrected chi connectivity index (χ0v) is 23.8. The Kier molecular flexibility index (Phi) is 6.85. The van der Waals surface area contributed by atoms with E-state index in [0.717, 1.165) is 17.7 Å². The van der Waals surface area contributed by atoms with Crippen LogP contribution in [0.3, 0.4) is 0 Å². The van der Waals surface area contributed by atoms with Crippen LogP contribution in [0.15, 0.2) is 82.0 Å². The van der Waals surface area contributed by atoms with E-state index < -0.39 is 28.8 Å². The van der Waals surface area contributed by atoms with Gasteiger partial charge in [0.25, 0.3) is 0 Å². The summed E-state index contributed by atoms with van der Waals surface area (Å²) in [5.74, 6) is -1.07. The van der Waals surface area contributed by atoms with E-state index in [1.54, 1.807) is 30.3 Å². The van der Waals surface area contributed by atoms with Gasteiger partial charge in [-0.1, -0.05) is 54.6 Å². The second-order valence-corrected chi connectivity index (χ2v) is 10.7. The van der Waals surface area contributed by atoms with Crippen LogP contribution in [-0.4, -0.2) is 36.5 Å². The molecular formula is C35H28O9. The first kappa shape index (κ1) is 27.4. The van der Waals surface area contributed by atoms with Gasteiger partial charge in [-0.3, -0.25) is 9.59 Å². The number of phenols is 2. The van der Waals surface area contributed by atoms with E-state index in [4.69, 9.17) is 23.4 Å². The highest BCUT2D eigenvalue weighted by atomic mass is 16.5. The molecule has 9 heteroatoms. The van der Waals surface area contributed by atoms with Crippen molar-refractivity contribution in [1.29, 1.82) is 0 Å². The summed E-state index contributed by atoms with van der Waals surface area (Å²) < 4.78 is 29.4. The van der Waals surface area contributed by atoms with E-state index in [9.17, 15) is 19.8 Å². The smallest absolute Gasteiger partial charge is 0.312 e. The predicted molar refractivity (Wildman–Crippen MR) is 161 cm³/mol. The lowest BCUT2D eigenvalue weighted by atomic mass is 9.84. The van der Waals surface area contributed by atoms with Gasteiger partial charge in [0.15, 0.2) is 28.4 Å². The summed E-state index contributed by atoms with van der Waals surface area (Å²) in [4.78, 5) is 26.3. The molecular weight excluding hydrogens is 564 g/mol. The Morgan fingerprint density at radius 3 is 2.61 bits per heavy atom. The van der Waals surface area contributed by atoms with Crippen molar-refractivity contribution in [2.75, 3.05) is 20.3 Å². The molecule has 1 atom stereocenters. The van der Waals surface area contributed by atoms with Gasteiger partial charge < -0.3 is 33.6 Å². The number of esters is 1. The highest BCUT2D eigenvalue weighted by Crippen LogP contribution is 2.54. The van der Waals surface area contributed by atoms with E-state index >= 15 is 0 Å². The first-order chi connectivity index (χ1) is 21.4. The maximum atomic E-state index is 13.4. The molecule has 0 bridgehead atoms. The molecule has 0 unspecified atom stereocenters. The maximum absolute atomic E-state index is 13.4. The number of aromatic hydroxyl groups is 2. The number of hydrogen-bond donors (Lipinski definition) is 2. The van der Waals surface area contributed by atoms with Crippen LogP contribution in [0, 0.1) is 0 Å². The molecule has 0 fully saturated rings. The van der Waals surface area contributed by atoms with Crippen LogP contribution in [-0.2, 0) is 17.6 Å². The number of benzene rings is 4. The van der Waals surface area contributed by atoms with Crippen LogP contribution >= 0.6 is 0 Å². The molecule has 0 amide bonds. The van der Waals surface area contributed by atoms with E-state index in [1.165, 1.54) is 18.7 Å². The summed E-state index contributed by atoms with van der Waals surface area (Å²) in [5, 5.41) is 21.6. The molecule has 9 nitrogen and oxygen atoms in total. The molecule has 0 aliphatic carbocycles. The number of para-hydroxylation sites is 1. The van der Waals surface area contributed by atoms with Gasteiger partial charge in [-0.05, 0) is 23.3 Å². The molecule has 2 aliphatic rings. The summed E-state index contributed by atoms with van der Waals surface area (Å²) in [6, 6.07) is 21.7. The SMILES string of the molecule is COc1cccc([C@@H]2CC(=O)Oc3c(O)c(O)c4c(=O)cc(-c5ccccc5)oc4c32)c1OCCc1ccc2c(c1)CCO2. The summed E-state index contributed by atoms with van der Waals surface area (Å²) in [5.41, 5.74) is 3.18. The Morgan fingerprint density at radius 2 is 1.80 bits per heavy atom. The van der Waals surface area contributed by atoms with Gasteiger partial charge in [0.2, 0.25) is 5.75 Å². The average molecular weight is 593 g/mol. The van der Waals surface area contributed by atoms with Crippen LogP contribution in [0.25, 0.3) is 22.3 Å². The molecule has 3 heterocycles. The molecule has 0 spiro atoms. The number of rotatable bonds is 7. The molecule has 5 aromatic rings. The Labute approximate surface area is 251 Å². The van der Waals surface area contributed by atoms with Gasteiger partial charge in [0, 0.05) is 36.0 Å². The molecule has 0 saturated carbocycles. The van der Waals surface area contributed by atoms with Gasteiger partial charge in [-0.2, -0.15) is 0 Å². The van der Waals surface area contributed by atoms with E-state index in [1.807, 2.05) is 30.3 Å². The quantitative estimate of drug-likeness (QED) is 0.135. The number of methoxy groups -OCH3 is 1. The highest BCUT2D eigenvalue weighted by Gasteiger charge is 2.38. The Bertz CT molecular complexity index is 1980. The minimum Gasteiger partial charge on any atom is -0.504 e. The van der Waals surface area contributed by atoms with Crippen molar-refractivity contribution >= 4 is 16.9 Å². The van der Waals surface area contributed by atoms with Gasteiger partial charge >= 0.3 is 5.97 Å². The molecule has 44 heavy (non-hydrogen) atoms. The van der Waals surface area contributed by atoms with Crippen LogP contribution in [0.4, 0.5) is 0 Å². The number of carbonyl (C=O) groups excluding carboxylic acids is 1. The van der Waals surface area contributed by atoms with Crippen molar-refractivity contribution in [2.45, 2.75) is 25.2 Å². The number of carbonyl (C=O) groups is 1. The van der Waals surface area contributed by atoms with E-state index in [-0.39, 0.29) is 34.5 Å². The minimum absolute atomic E-state index is 0.00767. The summed E-state index contributed by atoms with van der Waals surface area (Å²) >= 11 is 0. The third kappa shape index (κ3) is 4.66. The Morgan fingerprint density at radius 1 is 0.955 bits per heavy atom. The first-order valence-corrected chi connectivity index (χ1v) is 14.3. The van der Waals surface area contributed by atoms with Crippen LogP contribution in [0.1, 0.15) is 34.6 Å². The fraction of sp³-hybridized carbons (Fsp3) is 0.200. The maximum Gasteiger partial charge on any atom is 0.312 e. The van der Waals surface area contributed by atoms with Crippen LogP contribution in [0.5, 0.6) is 34.5 Å². The highest BCUT2D eigenvalue weighted by molar-refractivity contribution is 5.96. The molecule has 2 N–H and O–H groups in total. The zero-order chi connectivity index (χ0) is 30.4. The van der Waals surface area contributed by atoms with Crippen LogP contribution in [0.2, 0.25) is 0 Å². The Hall–Kier alpha value is -5.44. The van der Waals surface area contributed by atoms with Crippen molar-refractivity contribution in [3.63, 3.8) is 0 Å². The second kappa shape index (κ2) is 11.0. The number of phenolic OH excluding ortho intramolecular Hbond substituents is 2. The summed E-state index contributed by atoms with van der Waals surface area (Å²) in [7, 11) is 1.53. The van der Waals surface area contributed by atoms with Gasteiger partial charge in [0.1, 0.15) is 22.5 Å². The summed E-state index contributed by atoms with van der Waals surface area (Å²) in [6.07, 6.45) is 1.34. The third-order valence-corrected chi connectivity index (χ3v) is 8.10. The second-order valence-electron chi connectivity index (χ2n) is 10.7. The number of hydrogen-bond acceptors (Lipinski definition) is 9. The standard InChI is InChI=1S/C35H28O9/c1-40-26-9-5-8-22(33(26)42-14-12-19-10-11-25-21(16-19)13-15-41-25)23-17-28(37)44-35-29(23)34-30(31(38)32(35)39)24(36)18-27(43-34)20-6-3-2-4-7-20/h2-11,16,18,23,38-39H,12-15,17H2,1H3/t23-/m0/s1. The molecule has 7 rings (SSSR count). The van der Waals surface area contributed by atoms with Gasteiger partial charge in [-0.15, -0.1) is 0 Å². The van der Waals surface area contributed by atoms with Crippen molar-refractivity contribution in [2.24, 2.45) is 0 Å². The fourth-order valence-corrected chi connectivity index (χ4v) is 6.01. The van der Waals surface area contributed by atoms with E-state index in [0.29, 0.717) is 42.3 Å². The Balaban J connectivity index is 1.35. The monoisotopic (exact) mass is 592 g/mol.